The smallest absolute Gasteiger partial charge is 0.319 e. The molecule has 136 valence electrons. The van der Waals surface area contributed by atoms with E-state index in [-0.39, 0.29) is 6.03 Å². The zero-order valence-corrected chi connectivity index (χ0v) is 15.1. The van der Waals surface area contributed by atoms with Gasteiger partial charge in [-0.25, -0.2) is 13.2 Å². The molecular formula is C18H20N4O3S. The summed E-state index contributed by atoms with van der Waals surface area (Å²) in [4.78, 5) is 15.2. The van der Waals surface area contributed by atoms with Crippen molar-refractivity contribution in [3.8, 4) is 0 Å². The van der Waals surface area contributed by atoms with Crippen molar-refractivity contribution < 1.29 is 13.2 Å². The minimum absolute atomic E-state index is 0.311. The second-order valence-electron chi connectivity index (χ2n) is 5.94. The molecule has 0 atom stereocenters. The summed E-state index contributed by atoms with van der Waals surface area (Å²) in [7, 11) is -3.31. The Bertz CT molecular complexity index is 1010. The molecule has 0 aliphatic heterocycles. The zero-order valence-electron chi connectivity index (χ0n) is 14.2. The van der Waals surface area contributed by atoms with Gasteiger partial charge >= 0.3 is 6.03 Å². The monoisotopic (exact) mass is 372 g/mol. The predicted octanol–water partition coefficient (Wildman–Crippen LogP) is 2.90. The highest BCUT2D eigenvalue weighted by Crippen LogP contribution is 2.18. The summed E-state index contributed by atoms with van der Waals surface area (Å²) in [6.07, 6.45) is 3.76. The Kier molecular flexibility index (Phi) is 5.13. The molecule has 4 N–H and O–H groups in total. The third-order valence-electron chi connectivity index (χ3n) is 3.80. The Hall–Kier alpha value is -3.00. The molecule has 0 radical (unpaired) electrons. The van der Waals surface area contributed by atoms with Crippen molar-refractivity contribution >= 4 is 38.3 Å². The highest BCUT2D eigenvalue weighted by molar-refractivity contribution is 7.92. The lowest BCUT2D eigenvalue weighted by atomic mass is 10.1. The highest BCUT2D eigenvalue weighted by atomic mass is 32.2. The standard InChI is InChI=1S/C18H20N4O3S/c1-26(24,25)22-15-8-6-14(7-9-15)21-18(23)19-11-10-13-12-20-17-5-3-2-4-16(13)17/h2-9,12,20,22H,10-11H2,1H3,(H2,19,21,23). The number of carbonyl (C=O) groups excluding carboxylic acids is 1. The Balaban J connectivity index is 1.49. The average molecular weight is 372 g/mol. The molecule has 0 aliphatic rings. The molecule has 1 aromatic heterocycles. The number of sulfonamides is 1. The van der Waals surface area contributed by atoms with E-state index in [1.165, 1.54) is 0 Å². The van der Waals surface area contributed by atoms with Crippen LogP contribution >= 0.6 is 0 Å². The molecule has 3 rings (SSSR count). The number of rotatable bonds is 6. The number of hydrogen-bond donors (Lipinski definition) is 4. The predicted molar refractivity (Wildman–Crippen MR) is 104 cm³/mol. The van der Waals surface area contributed by atoms with Gasteiger partial charge in [0.05, 0.1) is 6.26 Å². The molecule has 8 heteroatoms. The number of nitrogens with one attached hydrogen (secondary N) is 4. The van der Waals surface area contributed by atoms with Gasteiger partial charge in [-0.2, -0.15) is 0 Å². The molecule has 1 heterocycles. The fourth-order valence-electron chi connectivity index (χ4n) is 2.66. The van der Waals surface area contributed by atoms with E-state index in [0.717, 1.165) is 22.7 Å². The molecule has 0 fully saturated rings. The third kappa shape index (κ3) is 4.76. The lowest BCUT2D eigenvalue weighted by molar-refractivity contribution is 0.252. The summed E-state index contributed by atoms with van der Waals surface area (Å²) < 4.78 is 24.7. The van der Waals surface area contributed by atoms with Crippen LogP contribution in [0.15, 0.2) is 54.7 Å². The Morgan fingerprint density at radius 1 is 1.04 bits per heavy atom. The van der Waals surface area contributed by atoms with E-state index >= 15 is 0 Å². The van der Waals surface area contributed by atoms with Crippen LogP contribution in [0.4, 0.5) is 16.2 Å². The largest absolute Gasteiger partial charge is 0.361 e. The van der Waals surface area contributed by atoms with E-state index < -0.39 is 10.0 Å². The Morgan fingerprint density at radius 2 is 1.73 bits per heavy atom. The van der Waals surface area contributed by atoms with Crippen LogP contribution in [0, 0.1) is 0 Å². The normalized spacial score (nSPS) is 11.3. The van der Waals surface area contributed by atoms with Crippen LogP contribution in [0.5, 0.6) is 0 Å². The first-order chi connectivity index (χ1) is 12.4. The summed E-state index contributed by atoms with van der Waals surface area (Å²) in [5, 5.41) is 6.68. The molecular weight excluding hydrogens is 352 g/mol. The molecule has 0 aliphatic carbocycles. The SMILES string of the molecule is CS(=O)(=O)Nc1ccc(NC(=O)NCCc2c[nH]c3ccccc23)cc1. The van der Waals surface area contributed by atoms with Gasteiger partial charge in [-0.1, -0.05) is 18.2 Å². The van der Waals surface area contributed by atoms with Crippen LogP contribution < -0.4 is 15.4 Å². The van der Waals surface area contributed by atoms with Gasteiger partial charge in [0, 0.05) is 35.0 Å². The van der Waals surface area contributed by atoms with Crippen LogP contribution in [0.3, 0.4) is 0 Å². The van der Waals surface area contributed by atoms with Gasteiger partial charge in [-0.05, 0) is 42.3 Å². The lowest BCUT2D eigenvalue weighted by Crippen LogP contribution is -2.30. The molecule has 0 saturated heterocycles. The van der Waals surface area contributed by atoms with Gasteiger partial charge < -0.3 is 15.6 Å². The summed E-state index contributed by atoms with van der Waals surface area (Å²) in [5.41, 5.74) is 3.25. The first-order valence-electron chi connectivity index (χ1n) is 8.08. The second kappa shape index (κ2) is 7.49. The summed E-state index contributed by atoms with van der Waals surface area (Å²) >= 11 is 0. The van der Waals surface area contributed by atoms with Crippen LogP contribution in [-0.2, 0) is 16.4 Å². The summed E-state index contributed by atoms with van der Waals surface area (Å²) in [6, 6.07) is 14.2. The fraction of sp³-hybridized carbons (Fsp3) is 0.167. The zero-order chi connectivity index (χ0) is 18.6. The van der Waals surface area contributed by atoms with E-state index in [1.807, 2.05) is 30.5 Å². The number of benzene rings is 2. The molecule has 0 saturated carbocycles. The third-order valence-corrected chi connectivity index (χ3v) is 4.41. The van der Waals surface area contributed by atoms with Crippen molar-refractivity contribution in [3.63, 3.8) is 0 Å². The van der Waals surface area contributed by atoms with Gasteiger partial charge in [0.2, 0.25) is 10.0 Å². The van der Waals surface area contributed by atoms with Gasteiger partial charge in [-0.15, -0.1) is 0 Å². The number of anilines is 2. The fourth-order valence-corrected chi connectivity index (χ4v) is 3.22. The van der Waals surface area contributed by atoms with E-state index in [4.69, 9.17) is 0 Å². The van der Waals surface area contributed by atoms with Gasteiger partial charge in [0.15, 0.2) is 0 Å². The minimum atomic E-state index is -3.31. The Labute approximate surface area is 151 Å². The van der Waals surface area contributed by atoms with Gasteiger partial charge in [-0.3, -0.25) is 4.72 Å². The molecule has 2 amide bonds. The number of amides is 2. The van der Waals surface area contributed by atoms with E-state index in [2.05, 4.69) is 20.3 Å². The van der Waals surface area contributed by atoms with Crippen molar-refractivity contribution in [2.24, 2.45) is 0 Å². The van der Waals surface area contributed by atoms with Crippen LogP contribution in [-0.4, -0.2) is 32.2 Å². The van der Waals surface area contributed by atoms with Crippen LogP contribution in [0.1, 0.15) is 5.56 Å². The maximum atomic E-state index is 12.0. The molecule has 3 aromatic rings. The molecule has 7 nitrogen and oxygen atoms in total. The minimum Gasteiger partial charge on any atom is -0.361 e. The number of hydrogen-bond acceptors (Lipinski definition) is 3. The number of fused-ring (bicyclic) bond motifs is 1. The molecule has 26 heavy (non-hydrogen) atoms. The van der Waals surface area contributed by atoms with E-state index in [9.17, 15) is 13.2 Å². The maximum absolute atomic E-state index is 12.0. The quantitative estimate of drug-likeness (QED) is 0.535. The molecule has 0 bridgehead atoms. The van der Waals surface area contributed by atoms with Crippen molar-refractivity contribution in [1.82, 2.24) is 10.3 Å². The lowest BCUT2D eigenvalue weighted by Gasteiger charge is -2.09. The number of H-pyrrole nitrogens is 1. The first kappa shape index (κ1) is 17.8. The second-order valence-corrected chi connectivity index (χ2v) is 7.69. The molecule has 0 unspecified atom stereocenters. The van der Waals surface area contributed by atoms with Crippen molar-refractivity contribution in [1.29, 1.82) is 0 Å². The average Bonchev–Trinajstić information content (AvgIpc) is 2.99. The molecule has 0 spiro atoms. The number of aromatic nitrogens is 1. The van der Waals surface area contributed by atoms with Crippen molar-refractivity contribution in [3.05, 3.63) is 60.3 Å². The van der Waals surface area contributed by atoms with Gasteiger partial charge in [0.1, 0.15) is 0 Å². The molecule has 2 aromatic carbocycles. The van der Waals surface area contributed by atoms with Crippen molar-refractivity contribution in [2.45, 2.75) is 6.42 Å². The number of carbonyl (C=O) groups is 1. The topological polar surface area (TPSA) is 103 Å². The van der Waals surface area contributed by atoms with Crippen molar-refractivity contribution in [2.75, 3.05) is 22.8 Å². The van der Waals surface area contributed by atoms with Gasteiger partial charge in [0.25, 0.3) is 0 Å². The summed E-state index contributed by atoms with van der Waals surface area (Å²) in [5.74, 6) is 0. The first-order valence-corrected chi connectivity index (χ1v) is 9.97. The number of urea groups is 1. The van der Waals surface area contributed by atoms with Crippen LogP contribution in [0.2, 0.25) is 0 Å². The van der Waals surface area contributed by atoms with Crippen LogP contribution in [0.25, 0.3) is 10.9 Å². The van der Waals surface area contributed by atoms with E-state index in [1.54, 1.807) is 24.3 Å². The van der Waals surface area contributed by atoms with E-state index in [0.29, 0.717) is 24.3 Å². The Morgan fingerprint density at radius 3 is 2.46 bits per heavy atom. The highest BCUT2D eigenvalue weighted by Gasteiger charge is 2.06. The maximum Gasteiger partial charge on any atom is 0.319 e. The number of aromatic amines is 1. The number of para-hydroxylation sites is 1. The summed E-state index contributed by atoms with van der Waals surface area (Å²) in [6.45, 7) is 0.501.